The molecule has 0 spiro atoms. The van der Waals surface area contributed by atoms with Crippen LogP contribution in [0.15, 0.2) is 54.7 Å². The summed E-state index contributed by atoms with van der Waals surface area (Å²) in [6, 6.07) is 15.5. The molecule has 2 heterocycles. The summed E-state index contributed by atoms with van der Waals surface area (Å²) in [7, 11) is 1.67. The highest BCUT2D eigenvalue weighted by molar-refractivity contribution is 6.08. The van der Waals surface area contributed by atoms with E-state index >= 15 is 0 Å². The topological polar surface area (TPSA) is 51.5 Å². The molecule has 0 radical (unpaired) electrons. The number of benzene rings is 2. The van der Waals surface area contributed by atoms with Crippen molar-refractivity contribution in [2.75, 3.05) is 26.7 Å². The Morgan fingerprint density at radius 3 is 2.42 bits per heavy atom. The molecule has 1 aliphatic heterocycles. The summed E-state index contributed by atoms with van der Waals surface area (Å²) >= 11 is 0. The van der Waals surface area contributed by atoms with Crippen molar-refractivity contribution in [2.24, 2.45) is 5.92 Å². The maximum atomic E-state index is 12.7. The lowest BCUT2D eigenvalue weighted by Crippen LogP contribution is -2.37. The third kappa shape index (κ3) is 4.57. The Balaban J connectivity index is 1.35. The fraction of sp³-hybridized carbons (Fsp3) is 0.385. The van der Waals surface area contributed by atoms with Crippen molar-refractivity contribution in [2.45, 2.75) is 32.7 Å². The zero-order chi connectivity index (χ0) is 21.8. The van der Waals surface area contributed by atoms with E-state index in [0.717, 1.165) is 73.2 Å². The predicted molar refractivity (Wildman–Crippen MR) is 123 cm³/mol. The summed E-state index contributed by atoms with van der Waals surface area (Å²) < 4.78 is 7.70. The summed E-state index contributed by atoms with van der Waals surface area (Å²) in [5.74, 6) is 1.28. The number of piperidine rings is 1. The zero-order valence-electron chi connectivity index (χ0n) is 18.3. The standard InChI is InChI=1S/C26H30N2O3/c1-19(29)23-18-28(25-22(23)10-6-11-24(25)31-2)15-7-14-27-16-12-21(13-17-27)26(30)20-8-4-3-5-9-20/h3-6,8-11,18,21H,7,12-17H2,1-2H3. The number of hydrogen-bond acceptors (Lipinski definition) is 4. The van der Waals surface area contributed by atoms with Gasteiger partial charge in [-0.25, -0.2) is 0 Å². The first-order valence-electron chi connectivity index (χ1n) is 11.1. The number of para-hydroxylation sites is 1. The Morgan fingerprint density at radius 1 is 1.00 bits per heavy atom. The van der Waals surface area contributed by atoms with Crippen LogP contribution in [0.1, 0.15) is 46.9 Å². The second kappa shape index (κ2) is 9.48. The number of likely N-dealkylation sites (tertiary alicyclic amines) is 1. The van der Waals surface area contributed by atoms with Gasteiger partial charge in [0.25, 0.3) is 0 Å². The van der Waals surface area contributed by atoms with Crippen molar-refractivity contribution >= 4 is 22.5 Å². The van der Waals surface area contributed by atoms with E-state index in [4.69, 9.17) is 4.74 Å². The number of nitrogens with zero attached hydrogens (tertiary/aromatic N) is 2. The van der Waals surface area contributed by atoms with Gasteiger partial charge in [-0.05, 0) is 51.9 Å². The largest absolute Gasteiger partial charge is 0.495 e. The van der Waals surface area contributed by atoms with Gasteiger partial charge in [0.2, 0.25) is 0 Å². The van der Waals surface area contributed by atoms with Crippen LogP contribution in [0.2, 0.25) is 0 Å². The van der Waals surface area contributed by atoms with Crippen molar-refractivity contribution in [1.29, 1.82) is 0 Å². The van der Waals surface area contributed by atoms with Crippen molar-refractivity contribution in [3.05, 3.63) is 65.9 Å². The second-order valence-corrected chi connectivity index (χ2v) is 8.35. The van der Waals surface area contributed by atoms with E-state index in [1.807, 2.05) is 54.7 Å². The molecule has 1 aromatic heterocycles. The summed E-state index contributed by atoms with van der Waals surface area (Å²) in [5, 5.41) is 0.951. The van der Waals surface area contributed by atoms with Crippen LogP contribution in [0.25, 0.3) is 10.9 Å². The van der Waals surface area contributed by atoms with E-state index in [0.29, 0.717) is 0 Å². The molecule has 31 heavy (non-hydrogen) atoms. The van der Waals surface area contributed by atoms with Gasteiger partial charge in [-0.15, -0.1) is 0 Å². The summed E-state index contributed by atoms with van der Waals surface area (Å²) in [4.78, 5) is 27.2. The van der Waals surface area contributed by atoms with Gasteiger partial charge >= 0.3 is 0 Å². The molecule has 162 valence electrons. The minimum Gasteiger partial charge on any atom is -0.495 e. The van der Waals surface area contributed by atoms with Gasteiger partial charge in [-0.2, -0.15) is 0 Å². The Morgan fingerprint density at radius 2 is 1.74 bits per heavy atom. The highest BCUT2D eigenvalue weighted by Gasteiger charge is 2.25. The SMILES string of the molecule is COc1cccc2c(C(C)=O)cn(CCCN3CCC(C(=O)c4ccccc4)CC3)c12. The first kappa shape index (κ1) is 21.3. The smallest absolute Gasteiger partial charge is 0.166 e. The fourth-order valence-electron chi connectivity index (χ4n) is 4.67. The molecule has 0 saturated carbocycles. The van der Waals surface area contributed by atoms with Crippen LogP contribution >= 0.6 is 0 Å². The highest BCUT2D eigenvalue weighted by atomic mass is 16.5. The maximum Gasteiger partial charge on any atom is 0.166 e. The molecule has 1 saturated heterocycles. The number of hydrogen-bond donors (Lipinski definition) is 0. The van der Waals surface area contributed by atoms with Gasteiger partial charge in [0.05, 0.1) is 12.6 Å². The van der Waals surface area contributed by atoms with E-state index in [1.165, 1.54) is 0 Å². The van der Waals surface area contributed by atoms with E-state index in [2.05, 4.69) is 9.47 Å². The number of ether oxygens (including phenoxy) is 1. The van der Waals surface area contributed by atoms with Crippen LogP contribution in [0.3, 0.4) is 0 Å². The Labute approximate surface area is 183 Å². The minimum absolute atomic E-state index is 0.0714. The van der Waals surface area contributed by atoms with Crippen LogP contribution < -0.4 is 4.74 Å². The average Bonchev–Trinajstić information content (AvgIpc) is 3.19. The Hall–Kier alpha value is -2.92. The van der Waals surface area contributed by atoms with Crippen molar-refractivity contribution < 1.29 is 14.3 Å². The molecule has 0 aliphatic carbocycles. The molecule has 4 rings (SSSR count). The van der Waals surface area contributed by atoms with E-state index in [-0.39, 0.29) is 17.5 Å². The minimum atomic E-state index is 0.0714. The van der Waals surface area contributed by atoms with Crippen molar-refractivity contribution in [3.63, 3.8) is 0 Å². The molecule has 0 unspecified atom stereocenters. The molecule has 2 aromatic carbocycles. The molecule has 3 aromatic rings. The fourth-order valence-corrected chi connectivity index (χ4v) is 4.67. The number of aromatic nitrogens is 1. The van der Waals surface area contributed by atoms with Gasteiger partial charge in [0.1, 0.15) is 5.75 Å². The van der Waals surface area contributed by atoms with Crippen LogP contribution in [0, 0.1) is 5.92 Å². The van der Waals surface area contributed by atoms with Gasteiger partial charge in [0, 0.05) is 35.2 Å². The van der Waals surface area contributed by atoms with Crippen molar-refractivity contribution in [3.8, 4) is 5.75 Å². The molecule has 5 nitrogen and oxygen atoms in total. The Bertz CT molecular complexity index is 1060. The number of ketones is 2. The zero-order valence-corrected chi connectivity index (χ0v) is 18.3. The van der Waals surface area contributed by atoms with Crippen LogP contribution in [0.4, 0.5) is 0 Å². The monoisotopic (exact) mass is 418 g/mol. The number of Topliss-reactive ketones (excluding diaryl/α,β-unsaturated/α-hetero) is 2. The molecule has 0 bridgehead atoms. The summed E-state index contributed by atoms with van der Waals surface area (Å²) in [6.07, 6.45) is 4.78. The number of carbonyl (C=O) groups excluding carboxylic acids is 2. The Kier molecular flexibility index (Phi) is 6.52. The molecule has 0 atom stereocenters. The van der Waals surface area contributed by atoms with Crippen LogP contribution in [-0.2, 0) is 6.54 Å². The third-order valence-corrected chi connectivity index (χ3v) is 6.35. The predicted octanol–water partition coefficient (Wildman–Crippen LogP) is 4.84. The lowest BCUT2D eigenvalue weighted by atomic mass is 9.89. The van der Waals surface area contributed by atoms with E-state index < -0.39 is 0 Å². The maximum absolute atomic E-state index is 12.7. The molecule has 0 amide bonds. The number of carbonyl (C=O) groups is 2. The number of fused-ring (bicyclic) bond motifs is 1. The normalized spacial score (nSPS) is 15.3. The van der Waals surface area contributed by atoms with E-state index in [9.17, 15) is 9.59 Å². The van der Waals surface area contributed by atoms with Gasteiger partial charge in [0.15, 0.2) is 11.6 Å². The van der Waals surface area contributed by atoms with Gasteiger partial charge in [-0.3, -0.25) is 9.59 Å². The first-order valence-corrected chi connectivity index (χ1v) is 11.1. The van der Waals surface area contributed by atoms with Crippen molar-refractivity contribution in [1.82, 2.24) is 9.47 Å². The summed E-state index contributed by atoms with van der Waals surface area (Å²) in [6.45, 7) is 5.33. The van der Waals surface area contributed by atoms with Gasteiger partial charge < -0.3 is 14.2 Å². The molecule has 0 N–H and O–H groups in total. The first-order chi connectivity index (χ1) is 15.1. The number of methoxy groups -OCH3 is 1. The summed E-state index contributed by atoms with van der Waals surface area (Å²) in [5.41, 5.74) is 2.56. The quantitative estimate of drug-likeness (QED) is 0.491. The van der Waals surface area contributed by atoms with Gasteiger partial charge in [-0.1, -0.05) is 42.5 Å². The average molecular weight is 419 g/mol. The molecule has 1 fully saturated rings. The van der Waals surface area contributed by atoms with Crippen LogP contribution in [-0.4, -0.2) is 47.8 Å². The van der Waals surface area contributed by atoms with Crippen LogP contribution in [0.5, 0.6) is 5.75 Å². The molecular formula is C26H30N2O3. The third-order valence-electron chi connectivity index (χ3n) is 6.35. The molecule has 1 aliphatic rings. The highest BCUT2D eigenvalue weighted by Crippen LogP contribution is 2.30. The number of rotatable bonds is 8. The molecular weight excluding hydrogens is 388 g/mol. The second-order valence-electron chi connectivity index (χ2n) is 8.35. The lowest BCUT2D eigenvalue weighted by Gasteiger charge is -2.31. The number of aryl methyl sites for hydroxylation is 1. The van der Waals surface area contributed by atoms with E-state index in [1.54, 1.807) is 14.0 Å². The lowest BCUT2D eigenvalue weighted by molar-refractivity contribution is 0.0838. The molecule has 5 heteroatoms.